The van der Waals surface area contributed by atoms with Gasteiger partial charge in [0.2, 0.25) is 0 Å². The number of hydrogen-bond donors (Lipinski definition) is 1. The summed E-state index contributed by atoms with van der Waals surface area (Å²) in [5, 5.41) is 10.7. The Morgan fingerprint density at radius 2 is 2.09 bits per heavy atom. The van der Waals surface area contributed by atoms with Crippen LogP contribution < -0.4 is 10.5 Å². The number of benzene rings is 1. The highest BCUT2D eigenvalue weighted by atomic mass is 19.1. The lowest BCUT2D eigenvalue weighted by molar-refractivity contribution is -0.384. The Kier molecular flexibility index (Phi) is 6.45. The van der Waals surface area contributed by atoms with Crippen molar-refractivity contribution in [2.75, 3.05) is 19.5 Å². The maximum absolute atomic E-state index is 13.5. The third kappa shape index (κ3) is 4.87. The fourth-order valence-corrected chi connectivity index (χ4v) is 2.75. The third-order valence-electron chi connectivity index (χ3n) is 4.55. The molecule has 0 amide bonds. The Morgan fingerprint density at radius 3 is 2.72 bits per heavy atom. The number of halogens is 1. The molecule has 0 saturated heterocycles. The van der Waals surface area contributed by atoms with E-state index >= 15 is 0 Å². The zero-order valence-electron chi connectivity index (χ0n) is 16.7. The number of methoxy groups -OCH3 is 1. The summed E-state index contributed by atoms with van der Waals surface area (Å²) in [6.07, 6.45) is 5.07. The number of aromatic nitrogens is 4. The number of nitrogens with zero attached hydrogens (tertiary/aromatic N) is 5. The molecular formula is C19H17FN6O6. The summed E-state index contributed by atoms with van der Waals surface area (Å²) in [6, 6.07) is 4.86. The fraction of sp³-hybridized carbons (Fsp3) is 0.263. The van der Waals surface area contributed by atoms with Gasteiger partial charge in [-0.1, -0.05) is 5.92 Å². The number of imidazole rings is 1. The lowest BCUT2D eigenvalue weighted by Gasteiger charge is -2.26. The fourth-order valence-electron chi connectivity index (χ4n) is 2.75. The average Bonchev–Trinajstić information content (AvgIpc) is 3.18. The predicted octanol–water partition coefficient (Wildman–Crippen LogP) is 2.08. The second-order valence-electron chi connectivity index (χ2n) is 6.47. The minimum Gasteiger partial charge on any atom is -0.430 e. The molecule has 0 unspecified atom stereocenters. The van der Waals surface area contributed by atoms with Gasteiger partial charge in [0.15, 0.2) is 17.1 Å². The van der Waals surface area contributed by atoms with Crippen molar-refractivity contribution in [1.82, 2.24) is 19.5 Å². The van der Waals surface area contributed by atoms with Crippen molar-refractivity contribution in [1.29, 1.82) is 0 Å². The van der Waals surface area contributed by atoms with Gasteiger partial charge < -0.3 is 24.5 Å². The van der Waals surface area contributed by atoms with Crippen molar-refractivity contribution in [2.24, 2.45) is 0 Å². The number of carbonyl (C=O) groups is 1. The number of aryl methyl sites for hydroxylation is 1. The number of fused-ring (bicyclic) bond motifs is 1. The molecule has 2 N–H and O–H groups in total. The van der Waals surface area contributed by atoms with Crippen LogP contribution in [-0.4, -0.2) is 49.9 Å². The molecule has 0 fully saturated rings. The van der Waals surface area contributed by atoms with Crippen molar-refractivity contribution in [3.8, 4) is 18.1 Å². The predicted molar refractivity (Wildman–Crippen MR) is 108 cm³/mol. The molecule has 2 aromatic heterocycles. The molecule has 2 heterocycles. The standard InChI is InChI=1S/C19H17FN6O6/c1-3-19(30-2,8-9-25-11-22-14-15(21)23-17(20)24-16(14)25)10-31-18(27)32-13-6-4-12(5-7-13)26(28)29/h1,4-7,11H,8-10H2,2H3,(H2,21,23,24)/t19-/m0/s1. The largest absolute Gasteiger partial charge is 0.513 e. The number of nitrogen functional groups attached to an aromatic ring is 1. The van der Waals surface area contributed by atoms with E-state index < -0.39 is 22.8 Å². The number of anilines is 1. The normalized spacial score (nSPS) is 12.7. The van der Waals surface area contributed by atoms with Crippen molar-refractivity contribution in [3.05, 3.63) is 46.8 Å². The van der Waals surface area contributed by atoms with E-state index in [0.717, 1.165) is 0 Å². The van der Waals surface area contributed by atoms with Gasteiger partial charge >= 0.3 is 12.2 Å². The molecule has 12 nitrogen and oxygen atoms in total. The number of nitrogens with two attached hydrogens (primary N) is 1. The van der Waals surface area contributed by atoms with Gasteiger partial charge in [-0.2, -0.15) is 14.4 Å². The number of ether oxygens (including phenoxy) is 3. The minimum atomic E-state index is -1.33. The van der Waals surface area contributed by atoms with E-state index in [9.17, 15) is 19.3 Å². The van der Waals surface area contributed by atoms with Gasteiger partial charge in [0.25, 0.3) is 5.69 Å². The quantitative estimate of drug-likeness (QED) is 0.136. The Hall–Kier alpha value is -4.31. The van der Waals surface area contributed by atoms with Crippen LogP contribution in [0.1, 0.15) is 6.42 Å². The third-order valence-corrected chi connectivity index (χ3v) is 4.55. The first kappa shape index (κ1) is 22.4. The molecule has 0 radical (unpaired) electrons. The summed E-state index contributed by atoms with van der Waals surface area (Å²) in [4.78, 5) is 33.2. The number of carbonyl (C=O) groups excluding carboxylic acids is 1. The van der Waals surface area contributed by atoms with Crippen LogP contribution in [0.2, 0.25) is 0 Å². The molecule has 166 valence electrons. The number of nitro groups is 1. The molecular weight excluding hydrogens is 427 g/mol. The van der Waals surface area contributed by atoms with Crippen LogP contribution in [0.5, 0.6) is 5.75 Å². The van der Waals surface area contributed by atoms with Gasteiger partial charge in [-0.05, 0) is 12.1 Å². The lowest BCUT2D eigenvalue weighted by atomic mass is 10.0. The molecule has 0 bridgehead atoms. The Labute approximate surface area is 180 Å². The van der Waals surface area contributed by atoms with E-state index in [-0.39, 0.29) is 48.0 Å². The van der Waals surface area contributed by atoms with Gasteiger partial charge in [0.1, 0.15) is 17.9 Å². The van der Waals surface area contributed by atoms with Crippen molar-refractivity contribution >= 4 is 28.8 Å². The zero-order chi connectivity index (χ0) is 23.3. The van der Waals surface area contributed by atoms with Crippen LogP contribution in [0.15, 0.2) is 30.6 Å². The van der Waals surface area contributed by atoms with Gasteiger partial charge in [-0.25, -0.2) is 9.78 Å². The monoisotopic (exact) mass is 444 g/mol. The van der Waals surface area contributed by atoms with E-state index in [2.05, 4.69) is 20.9 Å². The number of rotatable bonds is 8. The second kappa shape index (κ2) is 9.23. The summed E-state index contributed by atoms with van der Waals surface area (Å²) in [5.41, 5.74) is 4.57. The highest BCUT2D eigenvalue weighted by Gasteiger charge is 2.30. The SMILES string of the molecule is C#C[C@](CCn1cnc2c(N)nc(F)nc21)(COC(=O)Oc1ccc([N+](=O)[O-])cc1)OC. The summed E-state index contributed by atoms with van der Waals surface area (Å²) < 4.78 is 30.4. The van der Waals surface area contributed by atoms with Crippen molar-refractivity contribution in [2.45, 2.75) is 18.6 Å². The number of terminal acetylenes is 1. The Balaban J connectivity index is 1.63. The van der Waals surface area contributed by atoms with Gasteiger partial charge in [-0.3, -0.25) is 10.1 Å². The number of hydrogen-bond acceptors (Lipinski definition) is 10. The average molecular weight is 444 g/mol. The molecule has 13 heteroatoms. The Bertz CT molecular complexity index is 1190. The second-order valence-corrected chi connectivity index (χ2v) is 6.47. The topological polar surface area (TPSA) is 158 Å². The van der Waals surface area contributed by atoms with E-state index in [1.165, 1.54) is 42.3 Å². The summed E-state index contributed by atoms with van der Waals surface area (Å²) >= 11 is 0. The summed E-state index contributed by atoms with van der Waals surface area (Å²) in [7, 11) is 1.34. The maximum Gasteiger partial charge on any atom is 0.513 e. The number of nitro benzene ring substituents is 1. The van der Waals surface area contributed by atoms with E-state index in [0.29, 0.717) is 0 Å². The van der Waals surface area contributed by atoms with Gasteiger partial charge in [-0.15, -0.1) is 6.42 Å². The molecule has 3 rings (SSSR count). The number of non-ortho nitro benzene ring substituents is 1. The molecule has 0 spiro atoms. The Morgan fingerprint density at radius 1 is 1.38 bits per heavy atom. The molecule has 0 saturated carbocycles. The molecule has 3 aromatic rings. The van der Waals surface area contributed by atoms with Crippen LogP contribution in [-0.2, 0) is 16.0 Å². The highest BCUT2D eigenvalue weighted by molar-refractivity contribution is 5.81. The van der Waals surface area contributed by atoms with Crippen LogP contribution in [0.4, 0.5) is 20.7 Å². The first-order chi connectivity index (χ1) is 15.3. The van der Waals surface area contributed by atoms with Gasteiger partial charge in [0.05, 0.1) is 11.3 Å². The molecule has 0 aliphatic rings. The molecule has 1 atom stereocenters. The molecule has 0 aliphatic carbocycles. The highest BCUT2D eigenvalue weighted by Crippen LogP contribution is 2.22. The van der Waals surface area contributed by atoms with Crippen LogP contribution >= 0.6 is 0 Å². The summed E-state index contributed by atoms with van der Waals surface area (Å²) in [6.45, 7) is -0.172. The van der Waals surface area contributed by atoms with Crippen molar-refractivity contribution < 1.29 is 28.3 Å². The molecule has 32 heavy (non-hydrogen) atoms. The zero-order valence-corrected chi connectivity index (χ0v) is 16.7. The first-order valence-electron chi connectivity index (χ1n) is 9.03. The summed E-state index contributed by atoms with van der Waals surface area (Å²) in [5.74, 6) is 2.39. The van der Waals surface area contributed by atoms with Gasteiger partial charge in [0, 0.05) is 32.2 Å². The van der Waals surface area contributed by atoms with Crippen LogP contribution in [0.25, 0.3) is 11.2 Å². The molecule has 0 aliphatic heterocycles. The first-order valence-corrected chi connectivity index (χ1v) is 9.03. The van der Waals surface area contributed by atoms with E-state index in [4.69, 9.17) is 26.4 Å². The minimum absolute atomic E-state index is 0.0495. The maximum atomic E-state index is 13.5. The molecule has 1 aromatic carbocycles. The van der Waals surface area contributed by atoms with Crippen LogP contribution in [0, 0.1) is 28.5 Å². The van der Waals surface area contributed by atoms with E-state index in [1.54, 1.807) is 0 Å². The van der Waals surface area contributed by atoms with Crippen molar-refractivity contribution in [3.63, 3.8) is 0 Å². The lowest BCUT2D eigenvalue weighted by Crippen LogP contribution is -2.38. The van der Waals surface area contributed by atoms with Crippen LogP contribution in [0.3, 0.4) is 0 Å². The smallest absolute Gasteiger partial charge is 0.430 e. The van der Waals surface area contributed by atoms with E-state index in [1.807, 2.05) is 0 Å².